The average Bonchev–Trinajstić information content (AvgIpc) is 3.07. The molecule has 3 N–H and O–H groups in total. The number of halogens is 1. The number of carbonyl (C=O) groups excluding carboxylic acids is 3. The Bertz CT molecular complexity index is 1110. The number of thiazole rings is 1. The van der Waals surface area contributed by atoms with Crippen molar-refractivity contribution in [3.63, 3.8) is 0 Å². The van der Waals surface area contributed by atoms with E-state index >= 15 is 0 Å². The molecule has 1 aliphatic rings. The van der Waals surface area contributed by atoms with Gasteiger partial charge in [0, 0.05) is 11.6 Å². The smallest absolute Gasteiger partial charge is 0.363 e. The molecule has 1 aromatic rings. The summed E-state index contributed by atoms with van der Waals surface area (Å²) in [5.41, 5.74) is -0.594. The van der Waals surface area contributed by atoms with Gasteiger partial charge in [0.15, 0.2) is 26.1 Å². The standard InChI is InChI=1S/C12H14ClN5O9S3/c1-27-17-7(5-4-28-12(14-5)15-6(19)3-13)9(20)16-8-10(21)18(30(24,25)26)11(8)29(2,22)23/h4,8,11H,3H2,1-2H3,(H,16,20)(H,14,15,19)(H,24,25,26)/t8-,11-/m1/s1. The third-order valence-corrected chi connectivity index (χ3v) is 6.88. The van der Waals surface area contributed by atoms with Gasteiger partial charge in [-0.05, 0) is 0 Å². The van der Waals surface area contributed by atoms with Crippen LogP contribution in [0.2, 0.25) is 0 Å². The van der Waals surface area contributed by atoms with Gasteiger partial charge in [-0.25, -0.2) is 13.4 Å². The number of rotatable bonds is 8. The van der Waals surface area contributed by atoms with Crippen LogP contribution >= 0.6 is 22.9 Å². The van der Waals surface area contributed by atoms with E-state index in [-0.39, 0.29) is 21.0 Å². The van der Waals surface area contributed by atoms with Crippen molar-refractivity contribution >= 4 is 71.6 Å². The van der Waals surface area contributed by atoms with Crippen LogP contribution in [0.3, 0.4) is 0 Å². The highest BCUT2D eigenvalue weighted by molar-refractivity contribution is 7.93. The normalized spacial score (nSPS) is 19.8. The number of aromatic nitrogens is 1. The van der Waals surface area contributed by atoms with Gasteiger partial charge in [0.25, 0.3) is 11.8 Å². The average molecular weight is 504 g/mol. The maximum Gasteiger partial charge on any atom is 0.363 e. The number of nitrogens with one attached hydrogen (secondary N) is 2. The summed E-state index contributed by atoms with van der Waals surface area (Å²) in [7, 11) is -8.31. The molecule has 2 heterocycles. The Morgan fingerprint density at radius 2 is 2.03 bits per heavy atom. The summed E-state index contributed by atoms with van der Waals surface area (Å²) < 4.78 is 55.1. The number of hydrogen-bond acceptors (Lipinski definition) is 11. The van der Waals surface area contributed by atoms with E-state index < -0.39 is 55.0 Å². The minimum atomic E-state index is -5.17. The third-order valence-electron chi connectivity index (χ3n) is 3.49. The number of sulfone groups is 1. The quantitative estimate of drug-likeness (QED) is 0.119. The summed E-state index contributed by atoms with van der Waals surface area (Å²) in [4.78, 5) is 44.4. The van der Waals surface area contributed by atoms with Crippen molar-refractivity contribution in [3.05, 3.63) is 11.1 Å². The highest BCUT2D eigenvalue weighted by Gasteiger charge is 2.59. The maximum absolute atomic E-state index is 12.6. The fraction of sp³-hybridized carbons (Fsp3) is 0.417. The molecule has 0 saturated carbocycles. The zero-order valence-electron chi connectivity index (χ0n) is 15.1. The summed E-state index contributed by atoms with van der Waals surface area (Å²) in [6.07, 6.45) is 0.623. The molecule has 0 aliphatic carbocycles. The summed E-state index contributed by atoms with van der Waals surface area (Å²) in [5.74, 6) is -3.39. The molecule has 0 bridgehead atoms. The summed E-state index contributed by atoms with van der Waals surface area (Å²) in [6.45, 7) is 0. The summed E-state index contributed by atoms with van der Waals surface area (Å²) in [5, 5.41) is 7.16. The molecule has 1 aliphatic heterocycles. The number of β-lactam (4-membered cyclic amide) rings is 1. The van der Waals surface area contributed by atoms with Crippen molar-refractivity contribution in [2.75, 3.05) is 24.6 Å². The second kappa shape index (κ2) is 8.80. The van der Waals surface area contributed by atoms with Gasteiger partial charge >= 0.3 is 10.3 Å². The molecule has 14 nitrogen and oxygen atoms in total. The molecular weight excluding hydrogens is 490 g/mol. The van der Waals surface area contributed by atoms with E-state index in [0.717, 1.165) is 18.4 Å². The fourth-order valence-corrected chi connectivity index (χ4v) is 5.76. The molecule has 3 amide bonds. The minimum Gasteiger partial charge on any atom is -0.398 e. The molecule has 1 aromatic heterocycles. The number of amides is 3. The lowest BCUT2D eigenvalue weighted by Crippen LogP contribution is -2.74. The summed E-state index contributed by atoms with van der Waals surface area (Å²) in [6, 6.07) is -1.81. The first-order valence-corrected chi connectivity index (χ1v) is 12.3. The number of oxime groups is 1. The Morgan fingerprint density at radius 1 is 1.40 bits per heavy atom. The maximum atomic E-state index is 12.6. The van der Waals surface area contributed by atoms with Crippen LogP contribution in [0, 0.1) is 0 Å². The first-order valence-electron chi connectivity index (χ1n) is 7.54. The monoisotopic (exact) mass is 503 g/mol. The molecule has 30 heavy (non-hydrogen) atoms. The fourth-order valence-electron chi connectivity index (χ4n) is 2.33. The molecule has 0 aromatic carbocycles. The molecule has 2 atom stereocenters. The van der Waals surface area contributed by atoms with E-state index in [1.807, 2.05) is 5.32 Å². The van der Waals surface area contributed by atoms with E-state index in [1.165, 1.54) is 5.38 Å². The van der Waals surface area contributed by atoms with Gasteiger partial charge in [0.05, 0.1) is 0 Å². The predicted octanol–water partition coefficient (Wildman–Crippen LogP) is -1.83. The van der Waals surface area contributed by atoms with Crippen molar-refractivity contribution in [1.29, 1.82) is 0 Å². The van der Waals surface area contributed by atoms with Crippen LogP contribution in [0.1, 0.15) is 5.69 Å². The molecule has 18 heteroatoms. The van der Waals surface area contributed by atoms with E-state index in [9.17, 15) is 31.2 Å². The molecule has 0 spiro atoms. The van der Waals surface area contributed by atoms with Crippen LogP contribution in [0.5, 0.6) is 0 Å². The van der Waals surface area contributed by atoms with E-state index in [0.29, 0.717) is 6.26 Å². The van der Waals surface area contributed by atoms with Crippen LogP contribution in [0.4, 0.5) is 5.13 Å². The number of anilines is 1. The van der Waals surface area contributed by atoms with Crippen molar-refractivity contribution in [2.24, 2.45) is 5.16 Å². The lowest BCUT2D eigenvalue weighted by atomic mass is 10.1. The van der Waals surface area contributed by atoms with Gasteiger partial charge in [0.2, 0.25) is 5.91 Å². The van der Waals surface area contributed by atoms with Crippen molar-refractivity contribution in [2.45, 2.75) is 11.4 Å². The Labute approximate surface area is 179 Å². The van der Waals surface area contributed by atoms with Crippen LogP contribution < -0.4 is 10.6 Å². The zero-order valence-corrected chi connectivity index (χ0v) is 18.3. The van der Waals surface area contributed by atoms with Crippen LogP contribution in [0.25, 0.3) is 0 Å². The largest absolute Gasteiger partial charge is 0.398 e. The third kappa shape index (κ3) is 5.04. The number of carbonyl (C=O) groups is 3. The summed E-state index contributed by atoms with van der Waals surface area (Å²) >= 11 is 6.28. The van der Waals surface area contributed by atoms with Gasteiger partial charge in [-0.2, -0.15) is 12.7 Å². The topological polar surface area (TPSA) is 202 Å². The lowest BCUT2D eigenvalue weighted by Gasteiger charge is -2.42. The van der Waals surface area contributed by atoms with Crippen molar-refractivity contribution in [1.82, 2.24) is 14.6 Å². The first-order chi connectivity index (χ1) is 13.8. The lowest BCUT2D eigenvalue weighted by molar-refractivity contribution is -0.141. The first kappa shape index (κ1) is 23.9. The Balaban J connectivity index is 2.28. The van der Waals surface area contributed by atoms with E-state index in [4.69, 9.17) is 16.2 Å². The second-order valence-corrected chi connectivity index (χ2v) is 10.2. The molecule has 2 rings (SSSR count). The van der Waals surface area contributed by atoms with Gasteiger partial charge in [-0.1, -0.05) is 5.16 Å². The van der Waals surface area contributed by atoms with Crippen LogP contribution in [0.15, 0.2) is 10.5 Å². The van der Waals surface area contributed by atoms with Gasteiger partial charge in [0.1, 0.15) is 24.7 Å². The molecular formula is C12H14ClN5O9S3. The molecule has 0 radical (unpaired) electrons. The van der Waals surface area contributed by atoms with Crippen molar-refractivity contribution in [3.8, 4) is 0 Å². The molecule has 1 fully saturated rings. The Hall–Kier alpha value is -2.34. The number of alkyl halides is 1. The highest BCUT2D eigenvalue weighted by atomic mass is 35.5. The van der Waals surface area contributed by atoms with E-state index in [2.05, 4.69) is 20.3 Å². The SMILES string of the molecule is CON=C(C(=O)N[C@@H]1C(=O)N(S(=O)(=O)O)[C@@H]1S(C)(=O)=O)c1csc(NC(=O)CCl)n1. The van der Waals surface area contributed by atoms with Gasteiger partial charge < -0.3 is 15.5 Å². The van der Waals surface area contributed by atoms with Crippen LogP contribution in [-0.2, 0) is 39.4 Å². The van der Waals surface area contributed by atoms with Gasteiger partial charge in [-0.3, -0.25) is 18.9 Å². The minimum absolute atomic E-state index is 0.0681. The van der Waals surface area contributed by atoms with Gasteiger partial charge in [-0.15, -0.1) is 22.9 Å². The molecule has 1 saturated heterocycles. The predicted molar refractivity (Wildman–Crippen MR) is 104 cm³/mol. The number of hydrogen-bond donors (Lipinski definition) is 3. The van der Waals surface area contributed by atoms with E-state index in [1.54, 1.807) is 0 Å². The van der Waals surface area contributed by atoms with Crippen LogP contribution in [-0.4, -0.2) is 84.8 Å². The molecule has 0 unspecified atom stereocenters. The Morgan fingerprint density at radius 3 is 2.53 bits per heavy atom. The molecule has 166 valence electrons. The van der Waals surface area contributed by atoms with Crippen molar-refractivity contribution < 1.29 is 40.6 Å². The Kier molecular flexibility index (Phi) is 7.02. The second-order valence-electron chi connectivity index (χ2n) is 5.63. The zero-order chi connectivity index (χ0) is 22.9. The number of nitrogens with zero attached hydrogens (tertiary/aromatic N) is 3. The highest BCUT2D eigenvalue weighted by Crippen LogP contribution is 2.27.